The molecule has 0 bridgehead atoms. The summed E-state index contributed by atoms with van der Waals surface area (Å²) in [6.07, 6.45) is 2.28. The molecule has 0 unspecified atom stereocenters. The molecule has 0 spiro atoms. The number of nitrogens with zero attached hydrogens (tertiary/aromatic N) is 1. The number of pyridine rings is 1. The Morgan fingerprint density at radius 2 is 2.29 bits per heavy atom. The van der Waals surface area contributed by atoms with E-state index in [1.165, 1.54) is 5.56 Å². The predicted molar refractivity (Wildman–Crippen MR) is 66.2 cm³/mol. The van der Waals surface area contributed by atoms with E-state index in [-0.39, 0.29) is 6.10 Å². The summed E-state index contributed by atoms with van der Waals surface area (Å²) in [6.45, 7) is 4.37. The first kappa shape index (κ1) is 12.3. The second kappa shape index (κ2) is 5.98. The molecular weight excluding hydrogens is 216 g/mol. The summed E-state index contributed by atoms with van der Waals surface area (Å²) in [6, 6.07) is 4.15. The summed E-state index contributed by atoms with van der Waals surface area (Å²) in [5.41, 5.74) is 2.33. The highest BCUT2D eigenvalue weighted by atomic mass is 16.6. The zero-order valence-electron chi connectivity index (χ0n) is 10.5. The van der Waals surface area contributed by atoms with E-state index in [0.29, 0.717) is 13.2 Å². The summed E-state index contributed by atoms with van der Waals surface area (Å²) >= 11 is 0. The molecule has 1 saturated heterocycles. The smallest absolute Gasteiger partial charge is 0.214 e. The van der Waals surface area contributed by atoms with E-state index < -0.39 is 0 Å². The van der Waals surface area contributed by atoms with Crippen LogP contribution in [-0.2, 0) is 17.7 Å². The number of ether oxygens (including phenoxy) is 2. The lowest BCUT2D eigenvalue weighted by Crippen LogP contribution is -2.38. The Morgan fingerprint density at radius 1 is 1.47 bits per heavy atom. The van der Waals surface area contributed by atoms with Gasteiger partial charge in [-0.25, -0.2) is 4.98 Å². The summed E-state index contributed by atoms with van der Waals surface area (Å²) < 4.78 is 10.9. The van der Waals surface area contributed by atoms with Crippen LogP contribution in [0.1, 0.15) is 24.6 Å². The van der Waals surface area contributed by atoms with Crippen molar-refractivity contribution >= 4 is 0 Å². The number of hydrogen-bond acceptors (Lipinski definition) is 4. The topological polar surface area (TPSA) is 43.4 Å². The van der Waals surface area contributed by atoms with Crippen LogP contribution in [-0.4, -0.2) is 31.3 Å². The lowest BCUT2D eigenvalue weighted by atomic mass is 10.1. The van der Waals surface area contributed by atoms with Crippen molar-refractivity contribution in [1.82, 2.24) is 10.3 Å². The maximum atomic E-state index is 5.76. The third kappa shape index (κ3) is 3.41. The molecule has 0 atom stereocenters. The number of aryl methyl sites for hydroxylation is 1. The second-order valence-electron chi connectivity index (χ2n) is 4.36. The van der Waals surface area contributed by atoms with Gasteiger partial charge in [0.1, 0.15) is 6.10 Å². The molecule has 1 fully saturated rings. The zero-order chi connectivity index (χ0) is 12.1. The minimum atomic E-state index is 0.182. The lowest BCUT2D eigenvalue weighted by molar-refractivity contribution is -0.0814. The largest absolute Gasteiger partial charge is 0.469 e. The van der Waals surface area contributed by atoms with E-state index in [4.69, 9.17) is 9.47 Å². The van der Waals surface area contributed by atoms with E-state index in [2.05, 4.69) is 23.3 Å². The number of hydrogen-bond donors (Lipinski definition) is 1. The first-order chi connectivity index (χ1) is 8.31. The summed E-state index contributed by atoms with van der Waals surface area (Å²) in [7, 11) is 1.94. The average molecular weight is 236 g/mol. The van der Waals surface area contributed by atoms with Gasteiger partial charge in [-0.05, 0) is 25.1 Å². The average Bonchev–Trinajstić information content (AvgIpc) is 2.24. The fraction of sp³-hybridized carbons (Fsp3) is 0.615. The Balaban J connectivity index is 2.10. The van der Waals surface area contributed by atoms with Gasteiger partial charge in [0, 0.05) is 18.3 Å². The monoisotopic (exact) mass is 236 g/mol. The van der Waals surface area contributed by atoms with Crippen LogP contribution in [0.15, 0.2) is 12.1 Å². The van der Waals surface area contributed by atoms with E-state index in [1.807, 2.05) is 13.1 Å². The highest BCUT2D eigenvalue weighted by molar-refractivity contribution is 5.25. The molecule has 1 aromatic heterocycles. The van der Waals surface area contributed by atoms with Crippen molar-refractivity contribution < 1.29 is 9.47 Å². The van der Waals surface area contributed by atoms with Gasteiger partial charge in [-0.3, -0.25) is 0 Å². The van der Waals surface area contributed by atoms with Crippen molar-refractivity contribution in [3.8, 4) is 5.88 Å². The van der Waals surface area contributed by atoms with Crippen molar-refractivity contribution in [3.63, 3.8) is 0 Å². The molecule has 4 nitrogen and oxygen atoms in total. The Labute approximate surface area is 102 Å². The van der Waals surface area contributed by atoms with Crippen LogP contribution in [0.5, 0.6) is 5.88 Å². The van der Waals surface area contributed by atoms with Crippen LogP contribution in [0.2, 0.25) is 0 Å². The minimum absolute atomic E-state index is 0.182. The van der Waals surface area contributed by atoms with E-state index in [0.717, 1.165) is 31.0 Å². The number of rotatable bonds is 6. The standard InChI is InChI=1S/C13H20N2O2/c1-3-4-11-5-10(7-14-2)6-13(15-11)17-12-8-16-9-12/h5-6,12,14H,3-4,7-9H2,1-2H3. The third-order valence-electron chi connectivity index (χ3n) is 2.70. The summed E-state index contributed by atoms with van der Waals surface area (Å²) in [5.74, 6) is 0.731. The lowest BCUT2D eigenvalue weighted by Gasteiger charge is -2.26. The number of aromatic nitrogens is 1. The van der Waals surface area contributed by atoms with Crippen molar-refractivity contribution in [2.45, 2.75) is 32.4 Å². The molecule has 1 aromatic rings. The van der Waals surface area contributed by atoms with Crippen LogP contribution in [0, 0.1) is 0 Å². The van der Waals surface area contributed by atoms with Gasteiger partial charge in [0.05, 0.1) is 13.2 Å². The van der Waals surface area contributed by atoms with Crippen LogP contribution < -0.4 is 10.1 Å². The fourth-order valence-corrected chi connectivity index (χ4v) is 1.82. The van der Waals surface area contributed by atoms with Gasteiger partial charge in [0.15, 0.2) is 0 Å². The van der Waals surface area contributed by atoms with Crippen molar-refractivity contribution in [1.29, 1.82) is 0 Å². The van der Waals surface area contributed by atoms with Crippen LogP contribution in [0.4, 0.5) is 0 Å². The van der Waals surface area contributed by atoms with Gasteiger partial charge in [-0.15, -0.1) is 0 Å². The van der Waals surface area contributed by atoms with Gasteiger partial charge >= 0.3 is 0 Å². The Kier molecular flexibility index (Phi) is 4.34. The molecule has 0 saturated carbocycles. The molecule has 0 radical (unpaired) electrons. The summed E-state index contributed by atoms with van der Waals surface area (Å²) in [4.78, 5) is 4.52. The van der Waals surface area contributed by atoms with Gasteiger partial charge in [-0.2, -0.15) is 0 Å². The highest BCUT2D eigenvalue weighted by Gasteiger charge is 2.20. The molecule has 1 N–H and O–H groups in total. The Bertz CT molecular complexity index is 340. The maximum absolute atomic E-state index is 5.76. The molecule has 0 aromatic carbocycles. The third-order valence-corrected chi connectivity index (χ3v) is 2.70. The van der Waals surface area contributed by atoms with Gasteiger partial charge in [0.25, 0.3) is 0 Å². The Morgan fingerprint density at radius 3 is 2.88 bits per heavy atom. The summed E-state index contributed by atoms with van der Waals surface area (Å²) in [5, 5.41) is 3.15. The molecular formula is C13H20N2O2. The van der Waals surface area contributed by atoms with Gasteiger partial charge in [0.2, 0.25) is 5.88 Å². The van der Waals surface area contributed by atoms with Crippen molar-refractivity contribution in [2.24, 2.45) is 0 Å². The zero-order valence-corrected chi connectivity index (χ0v) is 10.5. The van der Waals surface area contributed by atoms with Gasteiger partial charge < -0.3 is 14.8 Å². The molecule has 4 heteroatoms. The normalized spacial score (nSPS) is 15.6. The molecule has 2 heterocycles. The molecule has 0 amide bonds. The van der Waals surface area contributed by atoms with Crippen LogP contribution >= 0.6 is 0 Å². The molecule has 1 aliphatic rings. The molecule has 1 aliphatic heterocycles. The fourth-order valence-electron chi connectivity index (χ4n) is 1.82. The van der Waals surface area contributed by atoms with Crippen LogP contribution in [0.25, 0.3) is 0 Å². The number of nitrogens with one attached hydrogen (secondary N) is 1. The van der Waals surface area contributed by atoms with Crippen molar-refractivity contribution in [2.75, 3.05) is 20.3 Å². The molecule has 17 heavy (non-hydrogen) atoms. The molecule has 2 rings (SSSR count). The van der Waals surface area contributed by atoms with E-state index in [9.17, 15) is 0 Å². The maximum Gasteiger partial charge on any atom is 0.214 e. The second-order valence-corrected chi connectivity index (χ2v) is 4.36. The quantitative estimate of drug-likeness (QED) is 0.813. The Hall–Kier alpha value is -1.13. The highest BCUT2D eigenvalue weighted by Crippen LogP contribution is 2.17. The first-order valence-electron chi connectivity index (χ1n) is 6.20. The van der Waals surface area contributed by atoms with Crippen molar-refractivity contribution in [3.05, 3.63) is 23.4 Å². The minimum Gasteiger partial charge on any atom is -0.469 e. The van der Waals surface area contributed by atoms with Gasteiger partial charge in [-0.1, -0.05) is 13.3 Å². The predicted octanol–water partition coefficient (Wildman–Crippen LogP) is 1.53. The molecule has 0 aliphatic carbocycles. The van der Waals surface area contributed by atoms with E-state index >= 15 is 0 Å². The van der Waals surface area contributed by atoms with Crippen LogP contribution in [0.3, 0.4) is 0 Å². The molecule has 94 valence electrons. The van der Waals surface area contributed by atoms with E-state index in [1.54, 1.807) is 0 Å². The SMILES string of the molecule is CCCc1cc(CNC)cc(OC2COC2)n1. The first-order valence-corrected chi connectivity index (χ1v) is 6.20.